The van der Waals surface area contributed by atoms with Crippen LogP contribution in [0.3, 0.4) is 0 Å². The van der Waals surface area contributed by atoms with Gasteiger partial charge in [0.05, 0.1) is 13.2 Å². The molecule has 1 atom stereocenters. The first-order chi connectivity index (χ1) is 10.7. The minimum absolute atomic E-state index is 0.0989. The van der Waals surface area contributed by atoms with Crippen LogP contribution in [0.1, 0.15) is 19.4 Å². The van der Waals surface area contributed by atoms with Crippen LogP contribution in [0.15, 0.2) is 34.8 Å². The quantitative estimate of drug-likeness (QED) is 0.518. The second-order valence-electron chi connectivity index (χ2n) is 4.26. The smallest absolute Gasteiger partial charge is 0.287 e. The first kappa shape index (κ1) is 20.4. The fourth-order valence-corrected chi connectivity index (χ4v) is 3.09. The second kappa shape index (κ2) is 8.99. The summed E-state index contributed by atoms with van der Waals surface area (Å²) in [6, 6.07) is 6.63. The molecule has 1 unspecified atom stereocenters. The van der Waals surface area contributed by atoms with E-state index in [4.69, 9.17) is 9.05 Å². The molecular formula is C14H17BrF3O4P. The monoisotopic (exact) mass is 416 g/mol. The molecule has 4 nitrogen and oxygen atoms in total. The minimum atomic E-state index is -4.75. The molecule has 0 heterocycles. The van der Waals surface area contributed by atoms with Crippen molar-refractivity contribution in [1.29, 1.82) is 0 Å². The minimum Gasteiger partial charge on any atom is -0.287 e. The molecule has 23 heavy (non-hydrogen) atoms. The predicted octanol–water partition coefficient (Wildman–Crippen LogP) is 5.59. The molecule has 0 saturated carbocycles. The summed E-state index contributed by atoms with van der Waals surface area (Å²) in [6.07, 6.45) is -5.16. The first-order valence-electron chi connectivity index (χ1n) is 6.78. The van der Waals surface area contributed by atoms with E-state index in [2.05, 4.69) is 20.5 Å². The molecule has 1 rings (SSSR count). The third kappa shape index (κ3) is 7.18. The number of phosphoric ester groups is 1. The van der Waals surface area contributed by atoms with Crippen LogP contribution in [0.25, 0.3) is 6.08 Å². The third-order valence-electron chi connectivity index (χ3n) is 2.47. The van der Waals surface area contributed by atoms with Crippen molar-refractivity contribution in [1.82, 2.24) is 0 Å². The molecular weight excluding hydrogens is 400 g/mol. The van der Waals surface area contributed by atoms with E-state index < -0.39 is 20.1 Å². The summed E-state index contributed by atoms with van der Waals surface area (Å²) in [4.78, 5) is 0. The Morgan fingerprint density at radius 3 is 2.13 bits per heavy atom. The highest BCUT2D eigenvalue weighted by Crippen LogP contribution is 2.52. The highest BCUT2D eigenvalue weighted by Gasteiger charge is 2.44. The van der Waals surface area contributed by atoms with Crippen molar-refractivity contribution in [2.75, 3.05) is 13.2 Å². The molecule has 9 heteroatoms. The molecule has 0 radical (unpaired) electrons. The van der Waals surface area contributed by atoms with Gasteiger partial charge in [-0.3, -0.25) is 13.6 Å². The Labute approximate surface area is 141 Å². The van der Waals surface area contributed by atoms with Gasteiger partial charge in [0.15, 0.2) is 6.10 Å². The largest absolute Gasteiger partial charge is 0.475 e. The number of phosphoric acid groups is 1. The number of benzene rings is 1. The van der Waals surface area contributed by atoms with E-state index in [-0.39, 0.29) is 13.2 Å². The molecule has 1 aromatic carbocycles. The van der Waals surface area contributed by atoms with Crippen molar-refractivity contribution in [3.63, 3.8) is 0 Å². The van der Waals surface area contributed by atoms with E-state index >= 15 is 0 Å². The third-order valence-corrected chi connectivity index (χ3v) is 4.64. The van der Waals surface area contributed by atoms with Crippen LogP contribution in [0.5, 0.6) is 0 Å². The molecule has 0 amide bonds. The van der Waals surface area contributed by atoms with Gasteiger partial charge in [0.1, 0.15) is 0 Å². The van der Waals surface area contributed by atoms with Gasteiger partial charge >= 0.3 is 14.0 Å². The molecule has 0 spiro atoms. The Hall–Kier alpha value is -0.660. The summed E-state index contributed by atoms with van der Waals surface area (Å²) < 4.78 is 66.3. The lowest BCUT2D eigenvalue weighted by Crippen LogP contribution is -2.29. The van der Waals surface area contributed by atoms with E-state index in [1.54, 1.807) is 24.3 Å². The molecule has 0 bridgehead atoms. The number of hydrogen-bond donors (Lipinski definition) is 0. The van der Waals surface area contributed by atoms with Gasteiger partial charge in [-0.05, 0) is 37.6 Å². The zero-order valence-corrected chi connectivity index (χ0v) is 15.0. The van der Waals surface area contributed by atoms with Crippen LogP contribution in [-0.2, 0) is 18.1 Å². The highest BCUT2D eigenvalue weighted by atomic mass is 79.9. The van der Waals surface area contributed by atoms with Crippen LogP contribution in [0, 0.1) is 0 Å². The molecule has 0 aliphatic rings. The van der Waals surface area contributed by atoms with Gasteiger partial charge in [-0.15, -0.1) is 0 Å². The Morgan fingerprint density at radius 2 is 1.70 bits per heavy atom. The summed E-state index contributed by atoms with van der Waals surface area (Å²) in [5, 5.41) is 0. The Bertz CT molecular complexity index is 550. The normalized spacial score (nSPS) is 14.3. The van der Waals surface area contributed by atoms with Gasteiger partial charge in [-0.2, -0.15) is 13.2 Å². The topological polar surface area (TPSA) is 44.8 Å². The SMILES string of the molecule is CCOP(=O)(OCC)OC(/C=C/c1ccc(Br)cc1)C(F)(F)F. The summed E-state index contributed by atoms with van der Waals surface area (Å²) in [5.74, 6) is 0. The lowest BCUT2D eigenvalue weighted by Gasteiger charge is -2.23. The lowest BCUT2D eigenvalue weighted by molar-refractivity contribution is -0.185. The lowest BCUT2D eigenvalue weighted by atomic mass is 10.2. The van der Waals surface area contributed by atoms with Crippen molar-refractivity contribution < 1.29 is 31.3 Å². The van der Waals surface area contributed by atoms with E-state index in [0.29, 0.717) is 5.56 Å². The van der Waals surface area contributed by atoms with Crippen LogP contribution < -0.4 is 0 Å². The van der Waals surface area contributed by atoms with Gasteiger partial charge in [-0.25, -0.2) is 4.57 Å². The molecule has 0 N–H and O–H groups in total. The molecule has 130 valence electrons. The summed E-state index contributed by atoms with van der Waals surface area (Å²) in [6.45, 7) is 2.77. The van der Waals surface area contributed by atoms with Gasteiger partial charge < -0.3 is 0 Å². The van der Waals surface area contributed by atoms with Crippen LogP contribution in [0.2, 0.25) is 0 Å². The molecule has 1 aromatic rings. The van der Waals surface area contributed by atoms with Crippen LogP contribution in [0.4, 0.5) is 13.2 Å². The van der Waals surface area contributed by atoms with Gasteiger partial charge in [0, 0.05) is 4.47 Å². The number of hydrogen-bond acceptors (Lipinski definition) is 4. The van der Waals surface area contributed by atoms with Crippen molar-refractivity contribution in [2.24, 2.45) is 0 Å². The van der Waals surface area contributed by atoms with E-state index in [1.807, 2.05) is 0 Å². The van der Waals surface area contributed by atoms with E-state index in [1.165, 1.54) is 19.9 Å². The maximum atomic E-state index is 13.1. The van der Waals surface area contributed by atoms with Crippen LogP contribution in [-0.4, -0.2) is 25.5 Å². The molecule has 0 saturated heterocycles. The van der Waals surface area contributed by atoms with Crippen molar-refractivity contribution in [3.8, 4) is 0 Å². The number of alkyl halides is 3. The average molecular weight is 417 g/mol. The summed E-state index contributed by atoms with van der Waals surface area (Å²) in [5.41, 5.74) is 0.536. The summed E-state index contributed by atoms with van der Waals surface area (Å²) >= 11 is 3.23. The van der Waals surface area contributed by atoms with Gasteiger partial charge in [-0.1, -0.05) is 34.1 Å². The van der Waals surface area contributed by atoms with Gasteiger partial charge in [0.2, 0.25) is 0 Å². The summed E-state index contributed by atoms with van der Waals surface area (Å²) in [7, 11) is -4.28. The zero-order valence-electron chi connectivity index (χ0n) is 12.5. The molecule has 0 aliphatic heterocycles. The average Bonchev–Trinajstić information content (AvgIpc) is 2.44. The maximum absolute atomic E-state index is 13.1. The Morgan fingerprint density at radius 1 is 1.17 bits per heavy atom. The Kier molecular flexibility index (Phi) is 7.97. The van der Waals surface area contributed by atoms with E-state index in [0.717, 1.165) is 10.5 Å². The highest BCUT2D eigenvalue weighted by molar-refractivity contribution is 9.10. The fraction of sp³-hybridized carbons (Fsp3) is 0.429. The number of rotatable bonds is 8. The maximum Gasteiger partial charge on any atom is 0.475 e. The fourth-order valence-electron chi connectivity index (χ4n) is 1.53. The van der Waals surface area contributed by atoms with Crippen LogP contribution >= 0.6 is 23.8 Å². The molecule has 0 aliphatic carbocycles. The predicted molar refractivity (Wildman–Crippen MR) is 85.0 cm³/mol. The zero-order chi connectivity index (χ0) is 17.5. The number of halogens is 4. The van der Waals surface area contributed by atoms with Crippen molar-refractivity contribution in [2.45, 2.75) is 26.1 Å². The van der Waals surface area contributed by atoms with Gasteiger partial charge in [0.25, 0.3) is 0 Å². The van der Waals surface area contributed by atoms with Crippen molar-refractivity contribution >= 4 is 29.8 Å². The Balaban J connectivity index is 2.96. The molecule has 0 aromatic heterocycles. The second-order valence-corrected chi connectivity index (χ2v) is 6.80. The van der Waals surface area contributed by atoms with Crippen molar-refractivity contribution in [3.05, 3.63) is 40.4 Å². The standard InChI is InChI=1S/C14H17BrF3O4P/c1-3-20-23(19,21-4-2)22-13(14(16,17)18)10-7-11-5-8-12(15)9-6-11/h5-10,13H,3-4H2,1-2H3/b10-7+. The van der Waals surface area contributed by atoms with E-state index in [9.17, 15) is 17.7 Å². The first-order valence-corrected chi connectivity index (χ1v) is 9.03. The molecule has 0 fully saturated rings.